The van der Waals surface area contributed by atoms with Crippen molar-refractivity contribution < 1.29 is 14.3 Å². The summed E-state index contributed by atoms with van der Waals surface area (Å²) in [6.07, 6.45) is 0.919. The van der Waals surface area contributed by atoms with Gasteiger partial charge in [0.25, 0.3) is 5.91 Å². The lowest BCUT2D eigenvalue weighted by atomic mass is 10.1. The smallest absolute Gasteiger partial charge is 0.251 e. The minimum atomic E-state index is -0.0697. The number of rotatable bonds is 7. The second kappa shape index (κ2) is 10.1. The number of carbonyl (C=O) groups is 2. The van der Waals surface area contributed by atoms with E-state index in [1.807, 2.05) is 53.4 Å². The SMILES string of the molecule is O=C(NCCCN1CCOCC1)c1cccc(CN2C(=O)CSc3ccccc32)c1. The lowest BCUT2D eigenvalue weighted by Crippen LogP contribution is -2.38. The van der Waals surface area contributed by atoms with Crippen molar-refractivity contribution in [1.82, 2.24) is 10.2 Å². The van der Waals surface area contributed by atoms with Gasteiger partial charge in [-0.1, -0.05) is 24.3 Å². The summed E-state index contributed by atoms with van der Waals surface area (Å²) >= 11 is 1.57. The summed E-state index contributed by atoms with van der Waals surface area (Å²) < 4.78 is 5.36. The third-order valence-corrected chi connectivity index (χ3v) is 6.43. The van der Waals surface area contributed by atoms with Gasteiger partial charge in [-0.05, 0) is 42.8 Å². The number of hydrogen-bond acceptors (Lipinski definition) is 5. The first-order valence-electron chi connectivity index (χ1n) is 10.4. The van der Waals surface area contributed by atoms with Crippen LogP contribution < -0.4 is 10.2 Å². The fraction of sp³-hybridized carbons (Fsp3) is 0.391. The van der Waals surface area contributed by atoms with Crippen molar-refractivity contribution in [3.8, 4) is 0 Å². The second-order valence-electron chi connectivity index (χ2n) is 7.50. The summed E-state index contributed by atoms with van der Waals surface area (Å²) in [5.74, 6) is 0.469. The predicted octanol–water partition coefficient (Wildman–Crippen LogP) is 2.78. The summed E-state index contributed by atoms with van der Waals surface area (Å²) in [6, 6.07) is 15.5. The molecule has 7 heteroatoms. The van der Waals surface area contributed by atoms with Crippen LogP contribution in [0.25, 0.3) is 0 Å². The lowest BCUT2D eigenvalue weighted by molar-refractivity contribution is -0.116. The van der Waals surface area contributed by atoms with Gasteiger partial charge >= 0.3 is 0 Å². The Bertz CT molecular complexity index is 899. The molecule has 158 valence electrons. The molecule has 1 N–H and O–H groups in total. The molecule has 0 bridgehead atoms. The highest BCUT2D eigenvalue weighted by Crippen LogP contribution is 2.35. The van der Waals surface area contributed by atoms with Gasteiger partial charge < -0.3 is 15.0 Å². The van der Waals surface area contributed by atoms with Gasteiger partial charge in [0.2, 0.25) is 5.91 Å². The van der Waals surface area contributed by atoms with Crippen molar-refractivity contribution in [3.05, 3.63) is 59.7 Å². The molecule has 1 saturated heterocycles. The highest BCUT2D eigenvalue weighted by molar-refractivity contribution is 8.00. The first-order chi connectivity index (χ1) is 14.7. The number of fused-ring (bicyclic) bond motifs is 1. The molecule has 0 atom stereocenters. The maximum absolute atomic E-state index is 12.6. The highest BCUT2D eigenvalue weighted by atomic mass is 32.2. The molecule has 1 fully saturated rings. The van der Waals surface area contributed by atoms with Crippen molar-refractivity contribution in [3.63, 3.8) is 0 Å². The van der Waals surface area contributed by atoms with Gasteiger partial charge in [0.15, 0.2) is 0 Å². The number of amides is 2. The van der Waals surface area contributed by atoms with E-state index in [0.717, 1.165) is 55.4 Å². The molecule has 2 aliphatic rings. The molecular formula is C23H27N3O3S. The Morgan fingerprint density at radius 3 is 2.80 bits per heavy atom. The van der Waals surface area contributed by atoms with Crippen LogP contribution in [-0.4, -0.2) is 61.9 Å². The Labute approximate surface area is 181 Å². The van der Waals surface area contributed by atoms with Crippen LogP contribution >= 0.6 is 11.8 Å². The second-order valence-corrected chi connectivity index (χ2v) is 8.52. The first kappa shape index (κ1) is 20.9. The van der Waals surface area contributed by atoms with Crippen LogP contribution in [0.3, 0.4) is 0 Å². The molecule has 0 saturated carbocycles. The zero-order valence-corrected chi connectivity index (χ0v) is 17.8. The summed E-state index contributed by atoms with van der Waals surface area (Å²) in [4.78, 5) is 30.4. The number of nitrogens with zero attached hydrogens (tertiary/aromatic N) is 2. The van der Waals surface area contributed by atoms with Crippen molar-refractivity contribution in [2.45, 2.75) is 17.9 Å². The number of ether oxygens (including phenoxy) is 1. The lowest BCUT2D eigenvalue weighted by Gasteiger charge is -2.29. The molecule has 30 heavy (non-hydrogen) atoms. The molecule has 6 nitrogen and oxygen atoms in total. The number of thioether (sulfide) groups is 1. The Kier molecular flexibility index (Phi) is 7.04. The van der Waals surface area contributed by atoms with Crippen LogP contribution in [0.1, 0.15) is 22.3 Å². The molecule has 4 rings (SSSR count). The number of morpholine rings is 1. The van der Waals surface area contributed by atoms with Gasteiger partial charge in [0, 0.05) is 30.1 Å². The van der Waals surface area contributed by atoms with Crippen LogP contribution in [0.5, 0.6) is 0 Å². The van der Waals surface area contributed by atoms with Gasteiger partial charge in [0.05, 0.1) is 31.2 Å². The molecule has 0 radical (unpaired) electrons. The molecule has 0 spiro atoms. The standard InChI is InChI=1S/C23H27N3O3S/c27-22-17-30-21-8-2-1-7-20(21)26(22)16-18-5-3-6-19(15-18)23(28)24-9-4-10-25-11-13-29-14-12-25/h1-3,5-8,15H,4,9-14,16-17H2,(H,24,28). The molecule has 2 aromatic carbocycles. The Hall–Kier alpha value is -2.35. The molecule has 0 aliphatic carbocycles. The number of benzene rings is 2. The van der Waals surface area contributed by atoms with Crippen molar-refractivity contribution in [2.75, 3.05) is 50.0 Å². The van der Waals surface area contributed by atoms with E-state index < -0.39 is 0 Å². The van der Waals surface area contributed by atoms with E-state index in [4.69, 9.17) is 4.74 Å². The van der Waals surface area contributed by atoms with Gasteiger partial charge in [-0.3, -0.25) is 14.5 Å². The van der Waals surface area contributed by atoms with Gasteiger partial charge in [-0.15, -0.1) is 11.8 Å². The zero-order valence-electron chi connectivity index (χ0n) is 17.0. The minimum Gasteiger partial charge on any atom is -0.379 e. The Morgan fingerprint density at radius 1 is 1.10 bits per heavy atom. The fourth-order valence-corrected chi connectivity index (χ4v) is 4.69. The number of carbonyl (C=O) groups excluding carboxylic acids is 2. The quantitative estimate of drug-likeness (QED) is 0.692. The molecule has 0 aromatic heterocycles. The van der Waals surface area contributed by atoms with Crippen LogP contribution in [0.15, 0.2) is 53.4 Å². The van der Waals surface area contributed by atoms with E-state index in [-0.39, 0.29) is 11.8 Å². The topological polar surface area (TPSA) is 61.9 Å². The zero-order chi connectivity index (χ0) is 20.8. The molecule has 2 aliphatic heterocycles. The van der Waals surface area contributed by atoms with E-state index in [2.05, 4.69) is 10.2 Å². The van der Waals surface area contributed by atoms with Gasteiger partial charge in [-0.2, -0.15) is 0 Å². The predicted molar refractivity (Wildman–Crippen MR) is 119 cm³/mol. The largest absolute Gasteiger partial charge is 0.379 e. The number of anilines is 1. The maximum atomic E-state index is 12.6. The number of para-hydroxylation sites is 1. The first-order valence-corrected chi connectivity index (χ1v) is 11.4. The van der Waals surface area contributed by atoms with Crippen molar-refractivity contribution >= 4 is 29.3 Å². The van der Waals surface area contributed by atoms with E-state index in [1.54, 1.807) is 11.8 Å². The van der Waals surface area contributed by atoms with E-state index in [1.165, 1.54) is 0 Å². The van der Waals surface area contributed by atoms with E-state index in [9.17, 15) is 9.59 Å². The third kappa shape index (κ3) is 5.22. The van der Waals surface area contributed by atoms with E-state index in [0.29, 0.717) is 24.4 Å². The fourth-order valence-electron chi connectivity index (χ4n) is 3.75. The maximum Gasteiger partial charge on any atom is 0.251 e. The normalized spacial score (nSPS) is 16.9. The Balaban J connectivity index is 1.33. The average Bonchev–Trinajstić information content (AvgIpc) is 2.79. The van der Waals surface area contributed by atoms with Crippen LogP contribution in [0.4, 0.5) is 5.69 Å². The minimum absolute atomic E-state index is 0.0697. The van der Waals surface area contributed by atoms with Crippen molar-refractivity contribution in [2.24, 2.45) is 0 Å². The van der Waals surface area contributed by atoms with Gasteiger partial charge in [0.1, 0.15) is 0 Å². The molecule has 2 aromatic rings. The average molecular weight is 426 g/mol. The van der Waals surface area contributed by atoms with Crippen LogP contribution in [0, 0.1) is 0 Å². The van der Waals surface area contributed by atoms with E-state index >= 15 is 0 Å². The number of hydrogen-bond donors (Lipinski definition) is 1. The summed E-state index contributed by atoms with van der Waals surface area (Å²) in [6.45, 7) is 5.60. The molecule has 2 amide bonds. The summed E-state index contributed by atoms with van der Waals surface area (Å²) in [5.41, 5.74) is 2.52. The third-order valence-electron chi connectivity index (χ3n) is 5.38. The van der Waals surface area contributed by atoms with Crippen LogP contribution in [0.2, 0.25) is 0 Å². The summed E-state index contributed by atoms with van der Waals surface area (Å²) in [5, 5.41) is 3.01. The van der Waals surface area contributed by atoms with Crippen LogP contribution in [-0.2, 0) is 16.1 Å². The number of nitrogens with one attached hydrogen (secondary N) is 1. The van der Waals surface area contributed by atoms with Gasteiger partial charge in [-0.25, -0.2) is 0 Å². The highest BCUT2D eigenvalue weighted by Gasteiger charge is 2.24. The van der Waals surface area contributed by atoms with Crippen molar-refractivity contribution in [1.29, 1.82) is 0 Å². The molecule has 2 heterocycles. The monoisotopic (exact) mass is 425 g/mol. The molecular weight excluding hydrogens is 398 g/mol. The Morgan fingerprint density at radius 2 is 1.93 bits per heavy atom. The summed E-state index contributed by atoms with van der Waals surface area (Å²) in [7, 11) is 0. The molecule has 0 unspecified atom stereocenters.